The molecule has 1 atom stereocenters. The Labute approximate surface area is 84.6 Å². The molecule has 4 nitrogen and oxygen atoms in total. The molecule has 80 valence electrons. The van der Waals surface area contributed by atoms with Gasteiger partial charge in [0.1, 0.15) is 5.76 Å². The maximum atomic E-state index is 9.17. The number of aryl methyl sites for hydroxylation is 2. The topological polar surface area (TPSA) is 49.5 Å². The average molecular weight is 198 g/mol. The fourth-order valence-electron chi connectivity index (χ4n) is 1.35. The van der Waals surface area contributed by atoms with Crippen LogP contribution in [0.25, 0.3) is 0 Å². The van der Waals surface area contributed by atoms with E-state index in [1.54, 1.807) is 6.92 Å². The zero-order chi connectivity index (χ0) is 10.7. The maximum absolute atomic E-state index is 9.17. The van der Waals surface area contributed by atoms with Crippen LogP contribution < -0.4 is 0 Å². The standard InChI is InChI=1S/C10H18N2O2/c1-7(13)5-12(4)6-10-11-8(2)9(3)14-10/h7,13H,5-6H2,1-4H3. The molecule has 0 aromatic carbocycles. The second-order valence-corrected chi connectivity index (χ2v) is 3.79. The third-order valence-corrected chi connectivity index (χ3v) is 2.05. The highest BCUT2D eigenvalue weighted by Crippen LogP contribution is 2.09. The molecule has 1 rings (SSSR count). The summed E-state index contributed by atoms with van der Waals surface area (Å²) in [7, 11) is 1.93. The first-order chi connectivity index (χ1) is 6.49. The summed E-state index contributed by atoms with van der Waals surface area (Å²) in [6, 6.07) is 0. The highest BCUT2D eigenvalue weighted by molar-refractivity contribution is 5.05. The van der Waals surface area contributed by atoms with E-state index in [0.29, 0.717) is 19.0 Å². The first-order valence-electron chi connectivity index (χ1n) is 4.78. The first kappa shape index (κ1) is 11.2. The maximum Gasteiger partial charge on any atom is 0.208 e. The molecule has 0 amide bonds. The van der Waals surface area contributed by atoms with Crippen molar-refractivity contribution in [3.05, 3.63) is 17.3 Å². The lowest BCUT2D eigenvalue weighted by Crippen LogP contribution is -2.26. The summed E-state index contributed by atoms with van der Waals surface area (Å²) in [5.74, 6) is 1.58. The molecule has 0 bridgehead atoms. The highest BCUT2D eigenvalue weighted by Gasteiger charge is 2.09. The van der Waals surface area contributed by atoms with Gasteiger partial charge in [0, 0.05) is 6.54 Å². The Morgan fingerprint density at radius 2 is 2.14 bits per heavy atom. The van der Waals surface area contributed by atoms with Gasteiger partial charge in [-0.05, 0) is 27.8 Å². The predicted octanol–water partition coefficient (Wildman–Crippen LogP) is 1.10. The highest BCUT2D eigenvalue weighted by atomic mass is 16.4. The number of nitrogens with zero attached hydrogens (tertiary/aromatic N) is 2. The van der Waals surface area contributed by atoms with Crippen LogP contribution in [0.2, 0.25) is 0 Å². The molecule has 0 radical (unpaired) electrons. The van der Waals surface area contributed by atoms with Crippen LogP contribution in [0.1, 0.15) is 24.3 Å². The zero-order valence-corrected chi connectivity index (χ0v) is 9.24. The molecule has 4 heteroatoms. The minimum atomic E-state index is -0.322. The Kier molecular flexibility index (Phi) is 3.66. The second-order valence-electron chi connectivity index (χ2n) is 3.79. The molecule has 0 saturated heterocycles. The van der Waals surface area contributed by atoms with Crippen molar-refractivity contribution in [1.82, 2.24) is 9.88 Å². The van der Waals surface area contributed by atoms with Gasteiger partial charge in [0.05, 0.1) is 18.3 Å². The van der Waals surface area contributed by atoms with Crippen LogP contribution in [-0.4, -0.2) is 34.7 Å². The minimum absolute atomic E-state index is 0.322. The summed E-state index contributed by atoms with van der Waals surface area (Å²) in [6.45, 7) is 6.86. The molecule has 1 aromatic heterocycles. The monoisotopic (exact) mass is 198 g/mol. The molecule has 0 aliphatic carbocycles. The molecule has 0 aliphatic rings. The van der Waals surface area contributed by atoms with Crippen LogP contribution in [0.3, 0.4) is 0 Å². The number of hydrogen-bond acceptors (Lipinski definition) is 4. The number of aromatic nitrogens is 1. The van der Waals surface area contributed by atoms with Crippen molar-refractivity contribution in [2.75, 3.05) is 13.6 Å². The fourth-order valence-corrected chi connectivity index (χ4v) is 1.35. The number of aliphatic hydroxyl groups is 1. The Morgan fingerprint density at radius 1 is 1.50 bits per heavy atom. The molecule has 0 spiro atoms. The second kappa shape index (κ2) is 4.57. The van der Waals surface area contributed by atoms with Crippen LogP contribution in [0.15, 0.2) is 4.42 Å². The van der Waals surface area contributed by atoms with Crippen LogP contribution >= 0.6 is 0 Å². The first-order valence-corrected chi connectivity index (χ1v) is 4.78. The van der Waals surface area contributed by atoms with Crippen molar-refractivity contribution < 1.29 is 9.52 Å². The van der Waals surface area contributed by atoms with Crippen LogP contribution in [0, 0.1) is 13.8 Å². The van der Waals surface area contributed by atoms with Gasteiger partial charge in [0.25, 0.3) is 0 Å². The zero-order valence-electron chi connectivity index (χ0n) is 9.24. The van der Waals surface area contributed by atoms with E-state index >= 15 is 0 Å². The van der Waals surface area contributed by atoms with Crippen molar-refractivity contribution in [2.45, 2.75) is 33.4 Å². The van der Waals surface area contributed by atoms with Crippen molar-refractivity contribution >= 4 is 0 Å². The Hall–Kier alpha value is -0.870. The molecule has 0 fully saturated rings. The van der Waals surface area contributed by atoms with Gasteiger partial charge in [0.15, 0.2) is 0 Å². The van der Waals surface area contributed by atoms with Gasteiger partial charge >= 0.3 is 0 Å². The predicted molar refractivity (Wildman–Crippen MR) is 54.0 cm³/mol. The molecule has 1 aromatic rings. The SMILES string of the molecule is Cc1nc(CN(C)CC(C)O)oc1C. The summed E-state index contributed by atoms with van der Waals surface area (Å²) in [6.07, 6.45) is -0.322. The number of hydrogen-bond donors (Lipinski definition) is 1. The smallest absolute Gasteiger partial charge is 0.208 e. The number of rotatable bonds is 4. The van der Waals surface area contributed by atoms with E-state index < -0.39 is 0 Å². The molecular weight excluding hydrogens is 180 g/mol. The average Bonchev–Trinajstić information content (AvgIpc) is 2.28. The van der Waals surface area contributed by atoms with Crippen molar-refractivity contribution in [2.24, 2.45) is 0 Å². The van der Waals surface area contributed by atoms with E-state index in [2.05, 4.69) is 4.98 Å². The van der Waals surface area contributed by atoms with E-state index in [0.717, 1.165) is 11.5 Å². The van der Waals surface area contributed by atoms with E-state index in [-0.39, 0.29) is 6.10 Å². The van der Waals surface area contributed by atoms with Gasteiger partial charge in [-0.1, -0.05) is 0 Å². The van der Waals surface area contributed by atoms with Crippen LogP contribution in [0.5, 0.6) is 0 Å². The lowest BCUT2D eigenvalue weighted by atomic mass is 10.4. The van der Waals surface area contributed by atoms with E-state index in [1.807, 2.05) is 25.8 Å². The number of oxazole rings is 1. The molecule has 0 saturated carbocycles. The summed E-state index contributed by atoms with van der Waals surface area (Å²) in [4.78, 5) is 6.25. The fraction of sp³-hybridized carbons (Fsp3) is 0.700. The van der Waals surface area contributed by atoms with E-state index in [4.69, 9.17) is 9.52 Å². The van der Waals surface area contributed by atoms with Crippen LogP contribution in [0.4, 0.5) is 0 Å². The van der Waals surface area contributed by atoms with Gasteiger partial charge in [-0.15, -0.1) is 0 Å². The van der Waals surface area contributed by atoms with Crippen molar-refractivity contribution in [3.63, 3.8) is 0 Å². The molecule has 1 heterocycles. The van der Waals surface area contributed by atoms with Crippen molar-refractivity contribution in [1.29, 1.82) is 0 Å². The number of likely N-dealkylation sites (N-methyl/N-ethyl adjacent to an activating group) is 1. The van der Waals surface area contributed by atoms with Gasteiger partial charge in [0.2, 0.25) is 5.89 Å². The van der Waals surface area contributed by atoms with Crippen LogP contribution in [-0.2, 0) is 6.54 Å². The largest absolute Gasteiger partial charge is 0.444 e. The normalized spacial score (nSPS) is 13.6. The molecule has 0 aliphatic heterocycles. The third kappa shape index (κ3) is 3.12. The summed E-state index contributed by atoms with van der Waals surface area (Å²) in [5.41, 5.74) is 0.936. The lowest BCUT2D eigenvalue weighted by molar-refractivity contribution is 0.133. The lowest BCUT2D eigenvalue weighted by Gasteiger charge is -2.15. The minimum Gasteiger partial charge on any atom is -0.444 e. The Bertz CT molecular complexity index is 275. The number of aliphatic hydroxyl groups excluding tert-OH is 1. The Morgan fingerprint density at radius 3 is 2.57 bits per heavy atom. The van der Waals surface area contributed by atoms with E-state index in [1.165, 1.54) is 0 Å². The Balaban J connectivity index is 2.51. The van der Waals surface area contributed by atoms with Gasteiger partial charge in [-0.2, -0.15) is 0 Å². The summed E-state index contributed by atoms with van der Waals surface area (Å²) >= 11 is 0. The molecule has 1 unspecified atom stereocenters. The quantitative estimate of drug-likeness (QED) is 0.787. The van der Waals surface area contributed by atoms with E-state index in [9.17, 15) is 0 Å². The van der Waals surface area contributed by atoms with Gasteiger partial charge < -0.3 is 9.52 Å². The third-order valence-electron chi connectivity index (χ3n) is 2.05. The molecular formula is C10H18N2O2. The van der Waals surface area contributed by atoms with Gasteiger partial charge in [-0.25, -0.2) is 4.98 Å². The summed E-state index contributed by atoms with van der Waals surface area (Å²) < 4.78 is 5.43. The molecule has 14 heavy (non-hydrogen) atoms. The van der Waals surface area contributed by atoms with Crippen molar-refractivity contribution in [3.8, 4) is 0 Å². The molecule has 1 N–H and O–H groups in total. The summed E-state index contributed by atoms with van der Waals surface area (Å²) in [5, 5.41) is 9.17. The van der Waals surface area contributed by atoms with Gasteiger partial charge in [-0.3, -0.25) is 4.90 Å².